The van der Waals surface area contributed by atoms with Crippen LogP contribution in [0.3, 0.4) is 0 Å². The highest BCUT2D eigenvalue weighted by molar-refractivity contribution is 7.18. The topological polar surface area (TPSA) is 55.2 Å². The molecule has 0 fully saturated rings. The van der Waals surface area contributed by atoms with E-state index in [1.165, 1.54) is 15.8 Å². The van der Waals surface area contributed by atoms with E-state index in [0.29, 0.717) is 19.0 Å². The highest BCUT2D eigenvalue weighted by Crippen LogP contribution is 2.35. The van der Waals surface area contributed by atoms with Crippen molar-refractivity contribution in [3.05, 3.63) is 62.2 Å². The van der Waals surface area contributed by atoms with Crippen LogP contribution in [0.1, 0.15) is 28.7 Å². The van der Waals surface area contributed by atoms with Crippen LogP contribution in [0, 0.1) is 5.92 Å². The first kappa shape index (κ1) is 19.1. The lowest BCUT2D eigenvalue weighted by Crippen LogP contribution is -2.36. The van der Waals surface area contributed by atoms with Crippen LogP contribution >= 0.6 is 22.7 Å². The first-order valence-electron chi connectivity index (χ1n) is 9.47. The third-order valence-electron chi connectivity index (χ3n) is 5.22. The van der Waals surface area contributed by atoms with Crippen LogP contribution in [0.25, 0.3) is 10.2 Å². The number of carbonyl (C=O) groups excluding carboxylic acids is 1. The lowest BCUT2D eigenvalue weighted by Gasteiger charge is -2.21. The average Bonchev–Trinajstić information content (AvgIpc) is 3.30. The summed E-state index contributed by atoms with van der Waals surface area (Å²) >= 11 is 3.25. The third-order valence-corrected chi connectivity index (χ3v) is 7.24. The second-order valence-corrected chi connectivity index (χ2v) is 9.47. The Morgan fingerprint density at radius 3 is 3.11 bits per heavy atom. The molecule has 1 atom stereocenters. The minimum Gasteiger partial charge on any atom is -0.332 e. The van der Waals surface area contributed by atoms with Gasteiger partial charge in [0, 0.05) is 16.3 Å². The highest BCUT2D eigenvalue weighted by atomic mass is 32.1. The van der Waals surface area contributed by atoms with Gasteiger partial charge in [0.25, 0.3) is 5.56 Å². The molecule has 1 aliphatic rings. The predicted molar refractivity (Wildman–Crippen MR) is 115 cm³/mol. The molecule has 0 bridgehead atoms. The summed E-state index contributed by atoms with van der Waals surface area (Å²) in [5.74, 6) is 0.545. The molecule has 0 aliphatic heterocycles. The van der Waals surface area contributed by atoms with Gasteiger partial charge in [0.15, 0.2) is 0 Å². The van der Waals surface area contributed by atoms with Gasteiger partial charge in [-0.25, -0.2) is 4.98 Å². The van der Waals surface area contributed by atoms with E-state index in [2.05, 4.69) is 18.5 Å². The average molecular weight is 414 g/mol. The zero-order valence-electron chi connectivity index (χ0n) is 15.9. The summed E-state index contributed by atoms with van der Waals surface area (Å²) in [6.45, 7) is 6.98. The molecule has 0 spiro atoms. The molecular weight excluding hydrogens is 390 g/mol. The first-order valence-corrected chi connectivity index (χ1v) is 11.2. The summed E-state index contributed by atoms with van der Waals surface area (Å²) in [6.07, 6.45) is 6.27. The standard InChI is InChI=1S/C21H23N3O2S2/c1-3-8-23(11-15-5-4-9-27-15)18(25)12-24-13-22-20-19(21(24)26)16-7-6-14(2)10-17(16)28-20/h3-5,9,13-14H,1,6-8,10-12H2,2H3/t14-/m0/s1. The van der Waals surface area contributed by atoms with Crippen LogP contribution in [0.4, 0.5) is 0 Å². The Labute approximate surface area is 172 Å². The maximum absolute atomic E-state index is 13.1. The molecule has 0 saturated heterocycles. The molecule has 0 aromatic carbocycles. The van der Waals surface area contributed by atoms with E-state index in [0.717, 1.165) is 39.9 Å². The number of carbonyl (C=O) groups is 1. The Hall–Kier alpha value is -2.25. The van der Waals surface area contributed by atoms with Gasteiger partial charge in [-0.2, -0.15) is 0 Å². The summed E-state index contributed by atoms with van der Waals surface area (Å²) in [6, 6.07) is 3.98. The monoisotopic (exact) mass is 413 g/mol. The van der Waals surface area contributed by atoms with Crippen LogP contribution in [0.2, 0.25) is 0 Å². The zero-order chi connectivity index (χ0) is 19.7. The molecule has 28 heavy (non-hydrogen) atoms. The Kier molecular flexibility index (Phi) is 5.46. The van der Waals surface area contributed by atoms with Gasteiger partial charge in [0.1, 0.15) is 11.4 Å². The van der Waals surface area contributed by atoms with Crippen molar-refractivity contribution in [3.63, 3.8) is 0 Å². The summed E-state index contributed by atoms with van der Waals surface area (Å²) < 4.78 is 1.46. The minimum atomic E-state index is -0.103. The fourth-order valence-corrected chi connectivity index (χ4v) is 5.79. The van der Waals surface area contributed by atoms with Crippen LogP contribution in [-0.4, -0.2) is 26.9 Å². The molecule has 5 nitrogen and oxygen atoms in total. The van der Waals surface area contributed by atoms with Crippen molar-refractivity contribution in [1.82, 2.24) is 14.5 Å². The van der Waals surface area contributed by atoms with E-state index < -0.39 is 0 Å². The van der Waals surface area contributed by atoms with E-state index in [-0.39, 0.29) is 18.0 Å². The van der Waals surface area contributed by atoms with Gasteiger partial charge in [-0.05, 0) is 42.2 Å². The van der Waals surface area contributed by atoms with Gasteiger partial charge in [-0.1, -0.05) is 19.1 Å². The van der Waals surface area contributed by atoms with E-state index in [4.69, 9.17) is 0 Å². The summed E-state index contributed by atoms with van der Waals surface area (Å²) in [7, 11) is 0. The van der Waals surface area contributed by atoms with Crippen molar-refractivity contribution in [2.24, 2.45) is 5.92 Å². The Morgan fingerprint density at radius 1 is 1.50 bits per heavy atom. The SMILES string of the molecule is C=CCN(Cc1cccs1)C(=O)Cn1cnc2sc3c(c2c1=O)CC[C@H](C)C3. The number of rotatable bonds is 6. The van der Waals surface area contributed by atoms with Crippen LogP contribution in [0.5, 0.6) is 0 Å². The Balaban J connectivity index is 1.61. The molecule has 0 saturated carbocycles. The molecule has 0 unspecified atom stereocenters. The molecule has 0 N–H and O–H groups in total. The molecule has 0 radical (unpaired) electrons. The number of hydrogen-bond acceptors (Lipinski definition) is 5. The fourth-order valence-electron chi connectivity index (χ4n) is 3.73. The van der Waals surface area contributed by atoms with Gasteiger partial charge in [-0.3, -0.25) is 14.2 Å². The molecule has 3 aromatic heterocycles. The van der Waals surface area contributed by atoms with E-state index in [9.17, 15) is 9.59 Å². The summed E-state index contributed by atoms with van der Waals surface area (Å²) in [4.78, 5) is 35.4. The van der Waals surface area contributed by atoms with E-state index in [1.54, 1.807) is 33.6 Å². The summed E-state index contributed by atoms with van der Waals surface area (Å²) in [5.41, 5.74) is 1.05. The predicted octanol–water partition coefficient (Wildman–Crippen LogP) is 3.86. The molecule has 7 heteroatoms. The fraction of sp³-hybridized carbons (Fsp3) is 0.381. The van der Waals surface area contributed by atoms with Crippen molar-refractivity contribution in [2.75, 3.05) is 6.54 Å². The number of thiophene rings is 2. The van der Waals surface area contributed by atoms with Crippen molar-refractivity contribution in [1.29, 1.82) is 0 Å². The van der Waals surface area contributed by atoms with Gasteiger partial charge in [-0.15, -0.1) is 29.3 Å². The molecule has 146 valence electrons. The third kappa shape index (κ3) is 3.69. The van der Waals surface area contributed by atoms with Crippen molar-refractivity contribution in [2.45, 2.75) is 39.3 Å². The van der Waals surface area contributed by atoms with Gasteiger partial charge < -0.3 is 4.90 Å². The quantitative estimate of drug-likeness (QED) is 0.577. The van der Waals surface area contributed by atoms with Crippen molar-refractivity contribution in [3.8, 4) is 0 Å². The van der Waals surface area contributed by atoms with E-state index >= 15 is 0 Å². The second kappa shape index (κ2) is 8.01. The van der Waals surface area contributed by atoms with Crippen molar-refractivity contribution < 1.29 is 4.79 Å². The van der Waals surface area contributed by atoms with Crippen LogP contribution in [0.15, 0.2) is 41.3 Å². The second-order valence-electron chi connectivity index (χ2n) is 7.35. The first-order chi connectivity index (χ1) is 13.6. The van der Waals surface area contributed by atoms with Gasteiger partial charge in [0.2, 0.25) is 5.91 Å². The largest absolute Gasteiger partial charge is 0.332 e. The molecular formula is C21H23N3O2S2. The summed E-state index contributed by atoms with van der Waals surface area (Å²) in [5, 5.41) is 2.71. The number of fused-ring (bicyclic) bond motifs is 3. The number of amides is 1. The van der Waals surface area contributed by atoms with Crippen LogP contribution in [-0.2, 0) is 30.7 Å². The normalized spacial score (nSPS) is 16.1. The number of aromatic nitrogens is 2. The van der Waals surface area contributed by atoms with Gasteiger partial charge >= 0.3 is 0 Å². The Morgan fingerprint density at radius 2 is 2.36 bits per heavy atom. The number of nitrogens with zero attached hydrogens (tertiary/aromatic N) is 3. The number of aryl methyl sites for hydroxylation is 1. The van der Waals surface area contributed by atoms with Crippen LogP contribution < -0.4 is 5.56 Å². The molecule has 1 aliphatic carbocycles. The lowest BCUT2D eigenvalue weighted by molar-refractivity contribution is -0.131. The van der Waals surface area contributed by atoms with E-state index in [1.807, 2.05) is 17.5 Å². The molecule has 4 rings (SSSR count). The smallest absolute Gasteiger partial charge is 0.262 e. The lowest BCUT2D eigenvalue weighted by atomic mass is 9.89. The van der Waals surface area contributed by atoms with Crippen molar-refractivity contribution >= 4 is 38.8 Å². The van der Waals surface area contributed by atoms with Gasteiger partial charge in [0.05, 0.1) is 18.3 Å². The molecule has 3 aromatic rings. The molecule has 3 heterocycles. The number of hydrogen-bond donors (Lipinski definition) is 0. The minimum absolute atomic E-state index is 0.00200. The maximum Gasteiger partial charge on any atom is 0.262 e. The Bertz CT molecular complexity index is 1070. The maximum atomic E-state index is 13.1. The zero-order valence-corrected chi connectivity index (χ0v) is 17.5. The molecule has 1 amide bonds. The highest BCUT2D eigenvalue weighted by Gasteiger charge is 2.24.